The van der Waals surface area contributed by atoms with Gasteiger partial charge in [0.2, 0.25) is 0 Å². The maximum atomic E-state index is 12.4. The number of carboxylic acids is 1. The van der Waals surface area contributed by atoms with Gasteiger partial charge in [0.15, 0.2) is 0 Å². The molecule has 0 radical (unpaired) electrons. The molecule has 3 heterocycles. The van der Waals surface area contributed by atoms with Gasteiger partial charge in [0.1, 0.15) is 5.75 Å². The van der Waals surface area contributed by atoms with Crippen LogP contribution < -0.4 is 10.1 Å². The molecule has 1 amide bonds. The molecular formula is C21H29F3N2O4. The van der Waals surface area contributed by atoms with Crippen LogP contribution in [0.1, 0.15) is 49.4 Å². The summed E-state index contributed by atoms with van der Waals surface area (Å²) >= 11 is 0. The first kappa shape index (κ1) is 24.0. The number of nitrogens with zero attached hydrogens (tertiary/aromatic N) is 1. The average Bonchev–Trinajstić information content (AvgIpc) is 2.72. The Morgan fingerprint density at radius 1 is 1.17 bits per heavy atom. The summed E-state index contributed by atoms with van der Waals surface area (Å²) in [6.07, 6.45) is 0.825. The second kappa shape index (κ2) is 11.2. The third kappa shape index (κ3) is 7.51. The minimum atomic E-state index is -5.08. The normalized spacial score (nSPS) is 22.6. The molecule has 9 heteroatoms. The van der Waals surface area contributed by atoms with Crippen LogP contribution in [0.2, 0.25) is 0 Å². The van der Waals surface area contributed by atoms with Crippen LogP contribution in [0.25, 0.3) is 0 Å². The minimum Gasteiger partial charge on any atom is -0.494 e. The second-order valence-electron chi connectivity index (χ2n) is 7.60. The molecule has 0 saturated carbocycles. The van der Waals surface area contributed by atoms with E-state index >= 15 is 0 Å². The van der Waals surface area contributed by atoms with Gasteiger partial charge in [0.25, 0.3) is 5.91 Å². The van der Waals surface area contributed by atoms with Crippen molar-refractivity contribution >= 4 is 11.9 Å². The van der Waals surface area contributed by atoms with Gasteiger partial charge in [-0.1, -0.05) is 19.8 Å². The van der Waals surface area contributed by atoms with Crippen molar-refractivity contribution in [3.63, 3.8) is 0 Å². The molecule has 1 aromatic carbocycles. The number of fused-ring (bicyclic) bond motifs is 3. The molecule has 30 heavy (non-hydrogen) atoms. The maximum Gasteiger partial charge on any atom is 0.490 e. The highest BCUT2D eigenvalue weighted by molar-refractivity contribution is 5.94. The molecule has 3 aliphatic rings. The third-order valence-electron chi connectivity index (χ3n) is 5.35. The predicted molar refractivity (Wildman–Crippen MR) is 106 cm³/mol. The summed E-state index contributed by atoms with van der Waals surface area (Å²) in [5.41, 5.74) is 0.724. The Morgan fingerprint density at radius 3 is 2.23 bits per heavy atom. The van der Waals surface area contributed by atoms with E-state index in [1.165, 1.54) is 38.8 Å². The molecule has 2 N–H and O–H groups in total. The average molecular weight is 430 g/mol. The number of hydrogen-bond acceptors (Lipinski definition) is 4. The van der Waals surface area contributed by atoms with Crippen molar-refractivity contribution in [3.05, 3.63) is 29.8 Å². The molecule has 3 aliphatic heterocycles. The van der Waals surface area contributed by atoms with Crippen molar-refractivity contribution in [3.8, 4) is 5.75 Å². The van der Waals surface area contributed by atoms with Crippen LogP contribution in [-0.4, -0.2) is 60.3 Å². The van der Waals surface area contributed by atoms with E-state index in [1.54, 1.807) is 0 Å². The van der Waals surface area contributed by atoms with Gasteiger partial charge in [-0.2, -0.15) is 13.2 Å². The number of ether oxygens (including phenoxy) is 1. The van der Waals surface area contributed by atoms with Gasteiger partial charge in [0.05, 0.1) is 6.61 Å². The number of hydrogen-bond donors (Lipinski definition) is 2. The summed E-state index contributed by atoms with van der Waals surface area (Å²) in [7, 11) is 0. The first-order valence-corrected chi connectivity index (χ1v) is 10.3. The fraction of sp³-hybridized carbons (Fsp3) is 0.619. The number of amides is 1. The number of alkyl halides is 3. The standard InChI is InChI=1S/C19H28N2O2.C2HF3O2/c1-2-3-4-13-23-17-7-5-16(6-8-17)19(22)20-18-14-21-11-9-15(18)10-12-21;3-2(4,5)1(6)7/h5-8,15,18H,2-4,9-14H2,1H3,(H,20,22);(H,6,7)/t18-;/m1./s1. The molecule has 168 valence electrons. The first-order valence-electron chi connectivity index (χ1n) is 10.3. The molecule has 1 aromatic rings. The Morgan fingerprint density at radius 2 is 1.77 bits per heavy atom. The lowest BCUT2D eigenvalue weighted by molar-refractivity contribution is -0.192. The fourth-order valence-electron chi connectivity index (χ4n) is 3.62. The summed E-state index contributed by atoms with van der Waals surface area (Å²) < 4.78 is 37.4. The van der Waals surface area contributed by atoms with E-state index in [-0.39, 0.29) is 5.91 Å². The molecule has 0 aliphatic carbocycles. The van der Waals surface area contributed by atoms with Gasteiger partial charge in [-0.3, -0.25) is 4.79 Å². The van der Waals surface area contributed by atoms with Gasteiger partial charge in [0, 0.05) is 18.2 Å². The Labute approximate surface area is 174 Å². The largest absolute Gasteiger partial charge is 0.494 e. The van der Waals surface area contributed by atoms with Crippen molar-refractivity contribution < 1.29 is 32.6 Å². The third-order valence-corrected chi connectivity index (χ3v) is 5.35. The summed E-state index contributed by atoms with van der Waals surface area (Å²) in [5.74, 6) is -1.21. The number of carbonyl (C=O) groups excluding carboxylic acids is 1. The molecule has 6 nitrogen and oxygen atoms in total. The zero-order valence-electron chi connectivity index (χ0n) is 17.1. The van der Waals surface area contributed by atoms with E-state index in [2.05, 4.69) is 17.1 Å². The summed E-state index contributed by atoms with van der Waals surface area (Å²) in [4.78, 5) is 23.8. The van der Waals surface area contributed by atoms with Crippen molar-refractivity contribution in [1.29, 1.82) is 0 Å². The zero-order valence-corrected chi connectivity index (χ0v) is 17.1. The maximum absolute atomic E-state index is 12.4. The Kier molecular flexibility index (Phi) is 8.95. The number of nitrogens with one attached hydrogen (secondary N) is 1. The topological polar surface area (TPSA) is 78.9 Å². The van der Waals surface area contributed by atoms with E-state index in [0.717, 1.165) is 30.9 Å². The first-order chi connectivity index (χ1) is 14.2. The smallest absolute Gasteiger partial charge is 0.490 e. The minimum absolute atomic E-state index is 0.0429. The SMILES string of the molecule is CCCCCOc1ccc(C(=O)N[C@@H]2CN3CCC2CC3)cc1.O=C(O)C(F)(F)F. The highest BCUT2D eigenvalue weighted by Crippen LogP contribution is 2.27. The molecule has 0 unspecified atom stereocenters. The van der Waals surface area contributed by atoms with E-state index in [1.807, 2.05) is 24.3 Å². The molecule has 1 atom stereocenters. The van der Waals surface area contributed by atoms with Crippen LogP contribution in [0.5, 0.6) is 5.75 Å². The highest BCUT2D eigenvalue weighted by atomic mass is 19.4. The number of piperidine rings is 3. The lowest BCUT2D eigenvalue weighted by Crippen LogP contribution is -2.57. The second-order valence-corrected chi connectivity index (χ2v) is 7.60. The lowest BCUT2D eigenvalue weighted by atomic mass is 9.84. The van der Waals surface area contributed by atoms with Crippen LogP contribution in [-0.2, 0) is 4.79 Å². The molecule has 0 aromatic heterocycles. The summed E-state index contributed by atoms with van der Waals surface area (Å²) in [6, 6.07) is 7.85. The van der Waals surface area contributed by atoms with Gasteiger partial charge in [-0.15, -0.1) is 0 Å². The van der Waals surface area contributed by atoms with Crippen molar-refractivity contribution in [2.75, 3.05) is 26.2 Å². The predicted octanol–water partition coefficient (Wildman–Crippen LogP) is 3.71. The van der Waals surface area contributed by atoms with Gasteiger partial charge in [-0.25, -0.2) is 4.79 Å². The highest BCUT2D eigenvalue weighted by Gasteiger charge is 2.38. The quantitative estimate of drug-likeness (QED) is 0.645. The van der Waals surface area contributed by atoms with Crippen LogP contribution in [0, 0.1) is 5.92 Å². The van der Waals surface area contributed by atoms with E-state index < -0.39 is 12.1 Å². The number of aliphatic carboxylic acids is 1. The van der Waals surface area contributed by atoms with Gasteiger partial charge in [-0.05, 0) is 62.5 Å². The number of carboxylic acid groups (broad SMARTS) is 1. The molecule has 0 spiro atoms. The Hall–Kier alpha value is -2.29. The lowest BCUT2D eigenvalue weighted by Gasteiger charge is -2.44. The summed E-state index contributed by atoms with van der Waals surface area (Å²) in [5, 5.41) is 10.3. The molecular weight excluding hydrogens is 401 g/mol. The van der Waals surface area contributed by atoms with Gasteiger partial charge >= 0.3 is 12.1 Å². The van der Waals surface area contributed by atoms with Crippen LogP contribution in [0.15, 0.2) is 24.3 Å². The zero-order chi connectivity index (χ0) is 22.1. The molecule has 2 bridgehead atoms. The number of rotatable bonds is 7. The van der Waals surface area contributed by atoms with Crippen LogP contribution >= 0.6 is 0 Å². The number of halogens is 3. The molecule has 3 fully saturated rings. The monoisotopic (exact) mass is 430 g/mol. The summed E-state index contributed by atoms with van der Waals surface area (Å²) in [6.45, 7) is 6.33. The van der Waals surface area contributed by atoms with Crippen LogP contribution in [0.3, 0.4) is 0 Å². The van der Waals surface area contributed by atoms with Crippen LogP contribution in [0.4, 0.5) is 13.2 Å². The number of unbranched alkanes of at least 4 members (excludes halogenated alkanes) is 2. The van der Waals surface area contributed by atoms with Crippen molar-refractivity contribution in [2.24, 2.45) is 5.92 Å². The van der Waals surface area contributed by atoms with E-state index in [9.17, 15) is 18.0 Å². The molecule has 3 saturated heterocycles. The van der Waals surface area contributed by atoms with Crippen molar-refractivity contribution in [2.45, 2.75) is 51.2 Å². The van der Waals surface area contributed by atoms with Gasteiger partial charge < -0.3 is 20.1 Å². The van der Waals surface area contributed by atoms with E-state index in [0.29, 0.717) is 12.0 Å². The molecule has 4 rings (SSSR count). The fourth-order valence-corrected chi connectivity index (χ4v) is 3.62. The Balaban J connectivity index is 0.000000396. The van der Waals surface area contributed by atoms with E-state index in [4.69, 9.17) is 14.6 Å². The number of benzene rings is 1. The Bertz CT molecular complexity index is 686. The number of carbonyl (C=O) groups is 2. The van der Waals surface area contributed by atoms with Crippen molar-refractivity contribution in [1.82, 2.24) is 10.2 Å².